The predicted octanol–water partition coefficient (Wildman–Crippen LogP) is 6.41. The Bertz CT molecular complexity index is 1740. The molecule has 0 saturated carbocycles. The van der Waals surface area contributed by atoms with E-state index in [1.165, 1.54) is 24.1 Å². The van der Waals surface area contributed by atoms with Gasteiger partial charge in [-0.05, 0) is 67.3 Å². The van der Waals surface area contributed by atoms with Crippen LogP contribution in [0.4, 0.5) is 5.69 Å². The molecule has 0 unspecified atom stereocenters. The molecule has 4 rings (SSSR count). The standard InChI is InChI=1S/C36H40ClN3O5S/c1-5-27(3)38-36(42)33(23-28-14-8-6-9-15-28)39(24-29-16-12-13-19-31(29)37)35(41)25-40(32-22-26(2)20-21-34(32)45-4)46(43,44)30-17-10-7-11-18-30/h6-22,27,33H,5,23-25H2,1-4H3,(H,38,42)/t27-,33-/m1/s1. The number of aryl methyl sites for hydroxylation is 1. The maximum atomic E-state index is 14.7. The van der Waals surface area contributed by atoms with Gasteiger partial charge in [-0.3, -0.25) is 13.9 Å². The van der Waals surface area contributed by atoms with Gasteiger partial charge in [-0.2, -0.15) is 0 Å². The molecule has 4 aromatic carbocycles. The number of anilines is 1. The van der Waals surface area contributed by atoms with Gasteiger partial charge in [-0.1, -0.05) is 91.3 Å². The number of nitrogens with zero attached hydrogens (tertiary/aromatic N) is 2. The first-order valence-electron chi connectivity index (χ1n) is 15.1. The van der Waals surface area contributed by atoms with E-state index in [9.17, 15) is 18.0 Å². The number of methoxy groups -OCH3 is 1. The highest BCUT2D eigenvalue weighted by Gasteiger charge is 2.36. The Kier molecular flexibility index (Phi) is 11.8. The molecule has 0 aliphatic rings. The van der Waals surface area contributed by atoms with Crippen molar-refractivity contribution in [3.05, 3.63) is 125 Å². The summed E-state index contributed by atoms with van der Waals surface area (Å²) in [4.78, 5) is 30.1. The minimum atomic E-state index is -4.26. The van der Waals surface area contributed by atoms with E-state index in [0.717, 1.165) is 15.4 Å². The Labute approximate surface area is 277 Å². The first-order chi connectivity index (χ1) is 22.0. The number of amides is 2. The summed E-state index contributed by atoms with van der Waals surface area (Å²) in [6, 6.07) is 28.5. The van der Waals surface area contributed by atoms with E-state index in [-0.39, 0.29) is 41.2 Å². The first-order valence-corrected chi connectivity index (χ1v) is 17.0. The number of ether oxygens (including phenoxy) is 1. The second kappa shape index (κ2) is 15.8. The van der Waals surface area contributed by atoms with Crippen LogP contribution >= 0.6 is 11.6 Å². The van der Waals surface area contributed by atoms with Crippen LogP contribution in [-0.4, -0.2) is 50.9 Å². The van der Waals surface area contributed by atoms with E-state index in [4.69, 9.17) is 16.3 Å². The molecule has 242 valence electrons. The highest BCUT2D eigenvalue weighted by molar-refractivity contribution is 7.92. The molecule has 0 aliphatic heterocycles. The fourth-order valence-electron chi connectivity index (χ4n) is 5.03. The van der Waals surface area contributed by atoms with Crippen molar-refractivity contribution in [1.82, 2.24) is 10.2 Å². The number of hydrogen-bond donors (Lipinski definition) is 1. The molecule has 1 N–H and O–H groups in total. The number of halogens is 1. The van der Waals surface area contributed by atoms with E-state index in [1.54, 1.807) is 60.7 Å². The van der Waals surface area contributed by atoms with Crippen LogP contribution in [0.25, 0.3) is 0 Å². The summed E-state index contributed by atoms with van der Waals surface area (Å²) >= 11 is 6.57. The van der Waals surface area contributed by atoms with Crippen LogP contribution in [0.2, 0.25) is 5.02 Å². The summed E-state index contributed by atoms with van der Waals surface area (Å²) in [5.74, 6) is -0.640. The summed E-state index contributed by atoms with van der Waals surface area (Å²) in [6.45, 7) is 5.08. The molecule has 0 aliphatic carbocycles. The lowest BCUT2D eigenvalue weighted by Crippen LogP contribution is -2.54. The molecule has 2 atom stereocenters. The van der Waals surface area contributed by atoms with E-state index in [0.29, 0.717) is 17.0 Å². The lowest BCUT2D eigenvalue weighted by molar-refractivity contribution is -0.140. The summed E-state index contributed by atoms with van der Waals surface area (Å²) in [5, 5.41) is 3.46. The van der Waals surface area contributed by atoms with E-state index in [1.807, 2.05) is 51.1 Å². The molecular formula is C36H40ClN3O5S. The summed E-state index contributed by atoms with van der Waals surface area (Å²) < 4.78 is 35.2. The van der Waals surface area contributed by atoms with Crippen molar-refractivity contribution in [1.29, 1.82) is 0 Å². The SMILES string of the molecule is CC[C@@H](C)NC(=O)[C@@H](Cc1ccccc1)N(Cc1ccccc1Cl)C(=O)CN(c1cc(C)ccc1OC)S(=O)(=O)c1ccccc1. The zero-order valence-electron chi connectivity index (χ0n) is 26.5. The van der Waals surface area contributed by atoms with Gasteiger partial charge >= 0.3 is 0 Å². The van der Waals surface area contributed by atoms with Gasteiger partial charge < -0.3 is 15.0 Å². The molecule has 0 radical (unpaired) electrons. The summed E-state index contributed by atoms with van der Waals surface area (Å²) in [5.41, 5.74) is 2.45. The minimum absolute atomic E-state index is 0.0133. The normalized spacial score (nSPS) is 12.5. The van der Waals surface area contributed by atoms with Gasteiger partial charge in [0.05, 0.1) is 17.7 Å². The molecular weight excluding hydrogens is 622 g/mol. The Morgan fingerprint density at radius 1 is 0.913 bits per heavy atom. The Hall–Kier alpha value is -4.34. The van der Waals surface area contributed by atoms with E-state index in [2.05, 4.69) is 5.32 Å². The van der Waals surface area contributed by atoms with Gasteiger partial charge in [0.1, 0.15) is 18.3 Å². The van der Waals surface area contributed by atoms with Crippen molar-refractivity contribution in [2.75, 3.05) is 18.0 Å². The van der Waals surface area contributed by atoms with Gasteiger partial charge in [0.15, 0.2) is 0 Å². The van der Waals surface area contributed by atoms with Gasteiger partial charge in [-0.15, -0.1) is 0 Å². The van der Waals surface area contributed by atoms with Crippen LogP contribution < -0.4 is 14.4 Å². The highest BCUT2D eigenvalue weighted by atomic mass is 35.5. The minimum Gasteiger partial charge on any atom is -0.495 e. The molecule has 0 spiro atoms. The fraction of sp³-hybridized carbons (Fsp3) is 0.278. The average Bonchev–Trinajstić information content (AvgIpc) is 3.06. The molecule has 8 nitrogen and oxygen atoms in total. The molecule has 2 amide bonds. The monoisotopic (exact) mass is 661 g/mol. The average molecular weight is 662 g/mol. The Morgan fingerprint density at radius 2 is 1.54 bits per heavy atom. The maximum Gasteiger partial charge on any atom is 0.264 e. The van der Waals surface area contributed by atoms with Crippen LogP contribution in [0.5, 0.6) is 5.75 Å². The number of sulfonamides is 1. The topological polar surface area (TPSA) is 96.0 Å². The summed E-state index contributed by atoms with van der Waals surface area (Å²) in [7, 11) is -2.82. The van der Waals surface area contributed by atoms with Crippen LogP contribution in [0.15, 0.2) is 108 Å². The number of benzene rings is 4. The number of hydrogen-bond acceptors (Lipinski definition) is 5. The van der Waals surface area contributed by atoms with Gasteiger partial charge in [0.25, 0.3) is 10.0 Å². The molecule has 46 heavy (non-hydrogen) atoms. The van der Waals surface area contributed by atoms with Crippen molar-refractivity contribution in [3.63, 3.8) is 0 Å². The number of rotatable bonds is 14. The number of carbonyl (C=O) groups excluding carboxylic acids is 2. The smallest absolute Gasteiger partial charge is 0.264 e. The van der Waals surface area contributed by atoms with Crippen LogP contribution in [0.1, 0.15) is 37.0 Å². The molecule has 0 heterocycles. The summed E-state index contributed by atoms with van der Waals surface area (Å²) in [6.07, 6.45) is 0.900. The van der Waals surface area contributed by atoms with Crippen molar-refractivity contribution < 1.29 is 22.7 Å². The van der Waals surface area contributed by atoms with Crippen LogP contribution in [0.3, 0.4) is 0 Å². The molecule has 0 bridgehead atoms. The molecule has 0 saturated heterocycles. The van der Waals surface area contributed by atoms with Crippen LogP contribution in [-0.2, 0) is 32.6 Å². The largest absolute Gasteiger partial charge is 0.495 e. The van der Waals surface area contributed by atoms with Crippen LogP contribution in [0, 0.1) is 6.92 Å². The van der Waals surface area contributed by atoms with E-state index < -0.39 is 28.5 Å². The zero-order chi connectivity index (χ0) is 33.3. The van der Waals surface area contributed by atoms with Gasteiger partial charge in [-0.25, -0.2) is 8.42 Å². The number of nitrogens with one attached hydrogen (secondary N) is 1. The van der Waals surface area contributed by atoms with Gasteiger partial charge in [0.2, 0.25) is 11.8 Å². The second-order valence-electron chi connectivity index (χ2n) is 11.1. The predicted molar refractivity (Wildman–Crippen MR) is 183 cm³/mol. The third kappa shape index (κ3) is 8.47. The Balaban J connectivity index is 1.86. The van der Waals surface area contributed by atoms with Crippen molar-refractivity contribution in [2.45, 2.75) is 57.1 Å². The van der Waals surface area contributed by atoms with Crippen molar-refractivity contribution in [3.8, 4) is 5.75 Å². The zero-order valence-corrected chi connectivity index (χ0v) is 28.1. The van der Waals surface area contributed by atoms with Crippen molar-refractivity contribution >= 4 is 39.1 Å². The lowest BCUT2D eigenvalue weighted by atomic mass is 10.0. The highest BCUT2D eigenvalue weighted by Crippen LogP contribution is 2.34. The number of carbonyl (C=O) groups is 2. The molecule has 4 aromatic rings. The molecule has 0 aromatic heterocycles. The van der Waals surface area contributed by atoms with E-state index >= 15 is 0 Å². The first kappa shape index (κ1) is 34.5. The third-order valence-corrected chi connectivity index (χ3v) is 9.93. The van der Waals surface area contributed by atoms with Gasteiger partial charge in [0, 0.05) is 24.0 Å². The molecule has 0 fully saturated rings. The lowest BCUT2D eigenvalue weighted by Gasteiger charge is -2.34. The van der Waals surface area contributed by atoms with Crippen molar-refractivity contribution in [2.24, 2.45) is 0 Å². The Morgan fingerprint density at radius 3 is 2.17 bits per heavy atom. The fourth-order valence-corrected chi connectivity index (χ4v) is 6.67. The second-order valence-corrected chi connectivity index (χ2v) is 13.4. The molecule has 10 heteroatoms. The quantitative estimate of drug-likeness (QED) is 0.169. The maximum absolute atomic E-state index is 14.7. The third-order valence-electron chi connectivity index (χ3n) is 7.78.